The lowest BCUT2D eigenvalue weighted by molar-refractivity contribution is -0.159. The number of ketones is 1. The number of amides is 2. The highest BCUT2D eigenvalue weighted by Gasteiger charge is 2.49. The molecule has 1 aromatic heterocycles. The summed E-state index contributed by atoms with van der Waals surface area (Å²) >= 11 is 0. The number of nitrogens with zero attached hydrogens (tertiary/aromatic N) is 3. The largest absolute Gasteiger partial charge is 0.354 e. The Hall–Kier alpha value is -3.71. The van der Waals surface area contributed by atoms with Crippen molar-refractivity contribution in [2.75, 3.05) is 26.2 Å². The van der Waals surface area contributed by atoms with Crippen molar-refractivity contribution in [3.63, 3.8) is 0 Å². The second kappa shape index (κ2) is 9.24. The first-order chi connectivity index (χ1) is 18.3. The number of benzene rings is 2. The van der Waals surface area contributed by atoms with Crippen LogP contribution in [0, 0.1) is 5.41 Å². The van der Waals surface area contributed by atoms with Crippen LogP contribution in [0.5, 0.6) is 0 Å². The summed E-state index contributed by atoms with van der Waals surface area (Å²) in [6.07, 6.45) is 4.67. The molecule has 7 nitrogen and oxygen atoms in total. The van der Waals surface area contributed by atoms with Gasteiger partial charge in [-0.1, -0.05) is 30.3 Å². The number of rotatable bonds is 3. The smallest absolute Gasteiger partial charge is 0.260 e. The monoisotopic (exact) mass is 511 g/mol. The maximum atomic E-state index is 14.0. The third-order valence-corrected chi connectivity index (χ3v) is 8.79. The van der Waals surface area contributed by atoms with Gasteiger partial charge in [0.15, 0.2) is 11.4 Å². The summed E-state index contributed by atoms with van der Waals surface area (Å²) in [7, 11) is 0. The molecule has 2 fully saturated rings. The maximum Gasteiger partial charge on any atom is 0.260 e. The molecule has 0 saturated carbocycles. The minimum absolute atomic E-state index is 0.000534. The number of ether oxygens (including phenoxy) is 1. The zero-order valence-electron chi connectivity index (χ0n) is 22.0. The van der Waals surface area contributed by atoms with Crippen molar-refractivity contribution < 1.29 is 19.1 Å². The lowest BCUT2D eigenvalue weighted by Gasteiger charge is -2.40. The Morgan fingerprint density at radius 1 is 0.816 bits per heavy atom. The highest BCUT2D eigenvalue weighted by Crippen LogP contribution is 2.43. The zero-order chi connectivity index (χ0) is 26.5. The molecule has 1 spiro atoms. The van der Waals surface area contributed by atoms with Crippen molar-refractivity contribution in [1.29, 1.82) is 0 Å². The van der Waals surface area contributed by atoms with Crippen molar-refractivity contribution in [3.8, 4) is 5.69 Å². The summed E-state index contributed by atoms with van der Waals surface area (Å²) in [6, 6.07) is 19.0. The van der Waals surface area contributed by atoms with Crippen LogP contribution >= 0.6 is 0 Å². The van der Waals surface area contributed by atoms with Gasteiger partial charge in [0, 0.05) is 49.1 Å². The van der Waals surface area contributed by atoms with E-state index in [1.54, 1.807) is 24.3 Å². The molecule has 1 unspecified atom stereocenters. The van der Waals surface area contributed by atoms with Crippen molar-refractivity contribution in [1.82, 2.24) is 14.4 Å². The minimum atomic E-state index is -1.07. The van der Waals surface area contributed by atoms with Gasteiger partial charge in [-0.15, -0.1) is 0 Å². The fourth-order valence-electron chi connectivity index (χ4n) is 6.35. The molecule has 2 aromatic carbocycles. The van der Waals surface area contributed by atoms with E-state index in [2.05, 4.69) is 10.6 Å². The van der Waals surface area contributed by atoms with Crippen molar-refractivity contribution >= 4 is 17.6 Å². The van der Waals surface area contributed by atoms with E-state index in [-0.39, 0.29) is 23.0 Å². The molecule has 7 heteroatoms. The number of aromatic nitrogens is 1. The first-order valence-corrected chi connectivity index (χ1v) is 13.4. The van der Waals surface area contributed by atoms with Crippen LogP contribution in [-0.4, -0.2) is 58.1 Å². The summed E-state index contributed by atoms with van der Waals surface area (Å²) in [6.45, 7) is 6.53. The topological polar surface area (TPSA) is 71.8 Å². The Morgan fingerprint density at radius 3 is 2.18 bits per heavy atom. The molecular weight excluding hydrogens is 478 g/mol. The second-order valence-corrected chi connectivity index (χ2v) is 11.1. The fraction of sp³-hybridized carbons (Fsp3) is 0.387. The van der Waals surface area contributed by atoms with Gasteiger partial charge < -0.3 is 19.1 Å². The van der Waals surface area contributed by atoms with Crippen molar-refractivity contribution in [2.24, 2.45) is 5.41 Å². The van der Waals surface area contributed by atoms with Gasteiger partial charge in [0.25, 0.3) is 11.8 Å². The molecule has 0 bridgehead atoms. The first-order valence-electron chi connectivity index (χ1n) is 13.4. The van der Waals surface area contributed by atoms with Gasteiger partial charge in [-0.2, -0.15) is 0 Å². The van der Waals surface area contributed by atoms with Gasteiger partial charge in [0.2, 0.25) is 0 Å². The molecule has 2 amide bonds. The third kappa shape index (κ3) is 4.06. The summed E-state index contributed by atoms with van der Waals surface area (Å²) < 4.78 is 8.47. The lowest BCUT2D eigenvalue weighted by Crippen LogP contribution is -2.48. The standard InChI is InChI=1S/C31H33N3O4/c1-22(35)23-9-11-24(12-10-23)28(36)32-17-13-31(14-18-32)15-19-33(21-31)29(37)30(2)27-8-5-16-34(27)26-7-4-3-6-25(26)20-38-30/h3-12,16H,13-15,17-21H2,1-2H3. The molecule has 38 heavy (non-hydrogen) atoms. The normalized spacial score (nSPS) is 22.1. The number of carbonyl (C=O) groups excluding carboxylic acids is 3. The predicted molar refractivity (Wildman–Crippen MR) is 143 cm³/mol. The van der Waals surface area contributed by atoms with Gasteiger partial charge in [0.05, 0.1) is 18.0 Å². The Kier molecular flexibility index (Phi) is 5.99. The van der Waals surface area contributed by atoms with Crippen LogP contribution in [0.2, 0.25) is 0 Å². The number of para-hydroxylation sites is 1. The van der Waals surface area contributed by atoms with Crippen LogP contribution < -0.4 is 0 Å². The van der Waals surface area contributed by atoms with E-state index in [0.717, 1.165) is 36.2 Å². The molecule has 6 rings (SSSR count). The van der Waals surface area contributed by atoms with Crippen LogP contribution in [0.15, 0.2) is 66.9 Å². The molecule has 1 atom stereocenters. The quantitative estimate of drug-likeness (QED) is 0.483. The van der Waals surface area contributed by atoms with E-state index in [9.17, 15) is 14.4 Å². The number of hydrogen-bond acceptors (Lipinski definition) is 4. The number of likely N-dealkylation sites (tertiary alicyclic amines) is 2. The van der Waals surface area contributed by atoms with Gasteiger partial charge in [0.1, 0.15) is 0 Å². The van der Waals surface area contributed by atoms with Crippen LogP contribution in [0.25, 0.3) is 5.69 Å². The van der Waals surface area contributed by atoms with Crippen LogP contribution in [0.3, 0.4) is 0 Å². The highest BCUT2D eigenvalue weighted by atomic mass is 16.5. The zero-order valence-corrected chi connectivity index (χ0v) is 22.0. The highest BCUT2D eigenvalue weighted by molar-refractivity contribution is 5.97. The van der Waals surface area contributed by atoms with E-state index in [0.29, 0.717) is 43.9 Å². The molecular formula is C31H33N3O4. The van der Waals surface area contributed by atoms with Gasteiger partial charge >= 0.3 is 0 Å². The lowest BCUT2D eigenvalue weighted by atomic mass is 9.77. The molecule has 0 aliphatic carbocycles. The van der Waals surface area contributed by atoms with E-state index < -0.39 is 5.60 Å². The molecule has 3 aromatic rings. The number of fused-ring (bicyclic) bond motifs is 3. The number of Topliss-reactive ketones (excluding diaryl/α,β-unsaturated/α-hetero) is 1. The van der Waals surface area contributed by atoms with Crippen LogP contribution in [0.4, 0.5) is 0 Å². The second-order valence-electron chi connectivity index (χ2n) is 11.1. The van der Waals surface area contributed by atoms with Gasteiger partial charge in [-0.3, -0.25) is 14.4 Å². The number of hydrogen-bond donors (Lipinski definition) is 0. The summed E-state index contributed by atoms with van der Waals surface area (Å²) in [4.78, 5) is 42.6. The molecule has 0 N–H and O–H groups in total. The molecule has 2 saturated heterocycles. The van der Waals surface area contributed by atoms with E-state index in [1.165, 1.54) is 6.92 Å². The average Bonchev–Trinajstić information content (AvgIpc) is 3.57. The number of piperidine rings is 1. The van der Waals surface area contributed by atoms with E-state index in [1.807, 2.05) is 53.3 Å². The molecule has 3 aliphatic heterocycles. The fourth-order valence-corrected chi connectivity index (χ4v) is 6.35. The van der Waals surface area contributed by atoms with E-state index in [4.69, 9.17) is 4.74 Å². The van der Waals surface area contributed by atoms with Gasteiger partial charge in [-0.05, 0) is 68.9 Å². The summed E-state index contributed by atoms with van der Waals surface area (Å²) in [5, 5.41) is 0. The average molecular weight is 512 g/mol. The summed E-state index contributed by atoms with van der Waals surface area (Å²) in [5.41, 5.74) is 3.13. The Balaban J connectivity index is 1.14. The Bertz CT molecular complexity index is 1400. The van der Waals surface area contributed by atoms with Crippen molar-refractivity contribution in [3.05, 3.63) is 89.2 Å². The van der Waals surface area contributed by atoms with E-state index >= 15 is 0 Å². The number of carbonyl (C=O) groups is 3. The molecule has 3 aliphatic rings. The molecule has 196 valence electrons. The summed E-state index contributed by atoms with van der Waals surface area (Å²) in [5.74, 6) is -0.00291. The third-order valence-electron chi connectivity index (χ3n) is 8.79. The first kappa shape index (κ1) is 24.6. The van der Waals surface area contributed by atoms with Gasteiger partial charge in [-0.25, -0.2) is 0 Å². The minimum Gasteiger partial charge on any atom is -0.354 e. The Morgan fingerprint density at radius 2 is 1.47 bits per heavy atom. The predicted octanol–water partition coefficient (Wildman–Crippen LogP) is 4.58. The Labute approximate surface area is 223 Å². The SMILES string of the molecule is CC(=O)c1ccc(C(=O)N2CCC3(CC2)CCN(C(=O)C2(C)OCc4ccccc4-n4cccc42)C3)cc1. The maximum absolute atomic E-state index is 14.0. The van der Waals surface area contributed by atoms with Crippen LogP contribution in [-0.2, 0) is 21.7 Å². The van der Waals surface area contributed by atoms with Crippen LogP contribution in [0.1, 0.15) is 65.1 Å². The molecule has 4 heterocycles. The molecule has 0 radical (unpaired) electrons. The van der Waals surface area contributed by atoms with Crippen molar-refractivity contribution in [2.45, 2.75) is 45.3 Å².